The van der Waals surface area contributed by atoms with E-state index >= 15 is 0 Å². The van der Waals surface area contributed by atoms with Gasteiger partial charge in [-0.2, -0.15) is 5.10 Å². The quantitative estimate of drug-likeness (QED) is 0.610. The topological polar surface area (TPSA) is 72.3 Å². The summed E-state index contributed by atoms with van der Waals surface area (Å²) in [6.07, 6.45) is 1.63. The zero-order valence-electron chi connectivity index (χ0n) is 13.2. The number of rotatable bonds is 4. The molecule has 6 nitrogen and oxygen atoms in total. The minimum atomic E-state index is -0.347. The van der Waals surface area contributed by atoms with Gasteiger partial charge in [0.1, 0.15) is 18.2 Å². The number of hydrogen-bond donors (Lipinski definition) is 1. The van der Waals surface area contributed by atoms with Gasteiger partial charge in [-0.15, -0.1) is 11.3 Å². The number of aromatic nitrogens is 4. The van der Waals surface area contributed by atoms with Crippen LogP contribution < -0.4 is 10.4 Å². The summed E-state index contributed by atoms with van der Waals surface area (Å²) in [6.45, 7) is 2.23. The molecule has 1 aromatic carbocycles. The molecule has 0 unspecified atom stereocenters. The molecule has 0 atom stereocenters. The Kier molecular flexibility index (Phi) is 3.81. The van der Waals surface area contributed by atoms with Crippen LogP contribution in [0.1, 0.15) is 10.7 Å². The molecule has 0 amide bonds. The van der Waals surface area contributed by atoms with E-state index in [1.165, 1.54) is 16.5 Å². The van der Waals surface area contributed by atoms with Crippen molar-refractivity contribution in [2.24, 2.45) is 0 Å². The van der Waals surface area contributed by atoms with Gasteiger partial charge >= 0.3 is 5.69 Å². The third-order valence-electron chi connectivity index (χ3n) is 3.71. The maximum atomic E-state index is 13.2. The third-order valence-corrected chi connectivity index (χ3v) is 4.54. The SMILES string of the molecule is Cc1nc(COc2cc3n[nH]c(=O)n3cc2-c2ccc(F)cc2)cs1. The molecule has 0 radical (unpaired) electrons. The third kappa shape index (κ3) is 3.03. The molecule has 0 saturated carbocycles. The van der Waals surface area contributed by atoms with Crippen molar-refractivity contribution in [1.29, 1.82) is 0 Å². The fraction of sp³-hybridized carbons (Fsp3) is 0.118. The monoisotopic (exact) mass is 356 g/mol. The number of benzene rings is 1. The van der Waals surface area contributed by atoms with Crippen LogP contribution in [0.3, 0.4) is 0 Å². The molecular weight excluding hydrogens is 343 g/mol. The first-order valence-corrected chi connectivity index (χ1v) is 8.38. The van der Waals surface area contributed by atoms with Gasteiger partial charge in [0.2, 0.25) is 0 Å². The zero-order valence-corrected chi connectivity index (χ0v) is 14.0. The van der Waals surface area contributed by atoms with E-state index in [0.29, 0.717) is 23.6 Å². The van der Waals surface area contributed by atoms with E-state index in [0.717, 1.165) is 16.3 Å². The number of pyridine rings is 1. The van der Waals surface area contributed by atoms with Crippen LogP contribution in [0, 0.1) is 12.7 Å². The van der Waals surface area contributed by atoms with Gasteiger partial charge in [0.05, 0.1) is 10.7 Å². The Balaban J connectivity index is 1.78. The average Bonchev–Trinajstić information content (AvgIpc) is 3.19. The highest BCUT2D eigenvalue weighted by atomic mass is 32.1. The van der Waals surface area contributed by atoms with Gasteiger partial charge in [-0.05, 0) is 24.6 Å². The number of hydrogen-bond acceptors (Lipinski definition) is 5. The summed E-state index contributed by atoms with van der Waals surface area (Å²) < 4.78 is 20.5. The summed E-state index contributed by atoms with van der Waals surface area (Å²) in [6, 6.07) is 7.69. The minimum absolute atomic E-state index is 0.295. The van der Waals surface area contributed by atoms with E-state index in [9.17, 15) is 9.18 Å². The van der Waals surface area contributed by atoms with Crippen molar-refractivity contribution in [1.82, 2.24) is 19.6 Å². The number of halogens is 1. The Labute approximate surface area is 145 Å². The Bertz CT molecular complexity index is 1100. The van der Waals surface area contributed by atoms with E-state index in [4.69, 9.17) is 4.74 Å². The fourth-order valence-electron chi connectivity index (χ4n) is 2.52. The fourth-order valence-corrected chi connectivity index (χ4v) is 3.12. The van der Waals surface area contributed by atoms with Gasteiger partial charge in [-0.1, -0.05) is 12.1 Å². The highest BCUT2D eigenvalue weighted by molar-refractivity contribution is 7.09. The van der Waals surface area contributed by atoms with E-state index in [-0.39, 0.29) is 11.5 Å². The van der Waals surface area contributed by atoms with Crippen molar-refractivity contribution in [3.05, 3.63) is 68.9 Å². The molecule has 4 rings (SSSR count). The highest BCUT2D eigenvalue weighted by Crippen LogP contribution is 2.31. The van der Waals surface area contributed by atoms with Crippen LogP contribution in [0.4, 0.5) is 4.39 Å². The number of nitrogens with zero attached hydrogens (tertiary/aromatic N) is 3. The van der Waals surface area contributed by atoms with Gasteiger partial charge in [-0.3, -0.25) is 0 Å². The van der Waals surface area contributed by atoms with Crippen LogP contribution in [0.2, 0.25) is 0 Å². The molecule has 0 bridgehead atoms. The number of nitrogens with one attached hydrogen (secondary N) is 1. The summed E-state index contributed by atoms with van der Waals surface area (Å²) in [7, 11) is 0. The van der Waals surface area contributed by atoms with Crippen molar-refractivity contribution >= 4 is 17.0 Å². The lowest BCUT2D eigenvalue weighted by atomic mass is 10.1. The molecule has 126 valence electrons. The standard InChI is InChI=1S/C17H13FN4O2S/c1-10-19-13(9-25-10)8-24-15-6-16-20-21-17(23)22(16)7-14(15)11-2-4-12(18)5-3-11/h2-7,9H,8H2,1H3,(H,21,23). The number of H-pyrrole nitrogens is 1. The van der Waals surface area contributed by atoms with Crippen molar-refractivity contribution in [2.75, 3.05) is 0 Å². The van der Waals surface area contributed by atoms with Crippen LogP contribution >= 0.6 is 11.3 Å². The van der Waals surface area contributed by atoms with E-state index in [1.54, 1.807) is 35.7 Å². The smallest absolute Gasteiger partial charge is 0.347 e. The molecule has 25 heavy (non-hydrogen) atoms. The molecule has 0 aliphatic rings. The van der Waals surface area contributed by atoms with Gasteiger partial charge in [0.25, 0.3) is 0 Å². The molecule has 8 heteroatoms. The first kappa shape index (κ1) is 15.5. The molecule has 0 aliphatic heterocycles. The first-order valence-electron chi connectivity index (χ1n) is 7.51. The van der Waals surface area contributed by atoms with E-state index < -0.39 is 0 Å². The molecule has 0 saturated heterocycles. The molecule has 0 spiro atoms. The van der Waals surface area contributed by atoms with Gasteiger partial charge < -0.3 is 4.74 Å². The minimum Gasteiger partial charge on any atom is -0.486 e. The van der Waals surface area contributed by atoms with Crippen LogP contribution in [-0.4, -0.2) is 19.6 Å². The number of aryl methyl sites for hydroxylation is 1. The molecule has 4 aromatic rings. The van der Waals surface area contributed by atoms with Crippen LogP contribution in [-0.2, 0) is 6.61 Å². The molecular formula is C17H13FN4O2S. The number of aromatic amines is 1. The van der Waals surface area contributed by atoms with Crippen LogP contribution in [0.25, 0.3) is 16.8 Å². The lowest BCUT2D eigenvalue weighted by Crippen LogP contribution is -2.09. The lowest BCUT2D eigenvalue weighted by Gasteiger charge is -2.11. The Hall–Kier alpha value is -3.00. The van der Waals surface area contributed by atoms with E-state index in [2.05, 4.69) is 15.2 Å². The molecule has 0 fully saturated rings. The predicted molar refractivity (Wildman–Crippen MR) is 92.4 cm³/mol. The van der Waals surface area contributed by atoms with Gasteiger partial charge in [0.15, 0.2) is 5.65 Å². The normalized spacial score (nSPS) is 11.1. The lowest BCUT2D eigenvalue weighted by molar-refractivity contribution is 0.303. The van der Waals surface area contributed by atoms with Crippen molar-refractivity contribution in [2.45, 2.75) is 13.5 Å². The molecule has 3 aromatic heterocycles. The maximum Gasteiger partial charge on any atom is 0.347 e. The second kappa shape index (κ2) is 6.14. The maximum absolute atomic E-state index is 13.2. The van der Waals surface area contributed by atoms with Crippen LogP contribution in [0.5, 0.6) is 5.75 Å². The summed E-state index contributed by atoms with van der Waals surface area (Å²) in [5.74, 6) is 0.217. The second-order valence-electron chi connectivity index (χ2n) is 5.46. The van der Waals surface area contributed by atoms with Crippen molar-refractivity contribution < 1.29 is 9.13 Å². The number of thiazole rings is 1. The average molecular weight is 356 g/mol. The zero-order chi connectivity index (χ0) is 17.4. The largest absolute Gasteiger partial charge is 0.486 e. The summed E-state index contributed by atoms with van der Waals surface area (Å²) in [5, 5.41) is 9.26. The summed E-state index contributed by atoms with van der Waals surface area (Å²) in [4.78, 5) is 16.2. The van der Waals surface area contributed by atoms with Gasteiger partial charge in [0, 0.05) is 23.2 Å². The van der Waals surface area contributed by atoms with Crippen molar-refractivity contribution in [3.8, 4) is 16.9 Å². The number of ether oxygens (including phenoxy) is 1. The molecule has 1 N–H and O–H groups in total. The second-order valence-corrected chi connectivity index (χ2v) is 6.52. The van der Waals surface area contributed by atoms with Gasteiger partial charge in [-0.25, -0.2) is 23.7 Å². The van der Waals surface area contributed by atoms with Crippen LogP contribution in [0.15, 0.2) is 46.7 Å². The van der Waals surface area contributed by atoms with Crippen molar-refractivity contribution in [3.63, 3.8) is 0 Å². The molecule has 3 heterocycles. The summed E-state index contributed by atoms with van der Waals surface area (Å²) >= 11 is 1.55. The Morgan fingerprint density at radius 1 is 1.32 bits per heavy atom. The Morgan fingerprint density at radius 3 is 2.84 bits per heavy atom. The molecule has 0 aliphatic carbocycles. The first-order chi connectivity index (χ1) is 12.1. The predicted octanol–water partition coefficient (Wildman–Crippen LogP) is 3.17. The van der Waals surface area contributed by atoms with E-state index in [1.807, 2.05) is 12.3 Å². The Morgan fingerprint density at radius 2 is 2.12 bits per heavy atom. The highest BCUT2D eigenvalue weighted by Gasteiger charge is 2.12. The number of fused-ring (bicyclic) bond motifs is 1. The summed E-state index contributed by atoms with van der Waals surface area (Å²) in [5.41, 5.74) is 2.33.